The minimum absolute atomic E-state index is 0.0494. The highest BCUT2D eigenvalue weighted by molar-refractivity contribution is 14.1. The zero-order valence-electron chi connectivity index (χ0n) is 16.5. The van der Waals surface area contributed by atoms with E-state index in [1.54, 1.807) is 31.4 Å². The number of thiocarbonyl (C=S) groups is 1. The molecule has 3 rings (SSSR count). The smallest absolute Gasteiger partial charge is 0.276 e. The van der Waals surface area contributed by atoms with Crippen LogP contribution in [0.25, 0.3) is 10.8 Å². The summed E-state index contributed by atoms with van der Waals surface area (Å²) in [5.74, 6) is 0.310. The van der Waals surface area contributed by atoms with Crippen molar-refractivity contribution >= 4 is 94.4 Å². The molecule has 0 aliphatic heterocycles. The minimum Gasteiger partial charge on any atom is -0.496 e. The molecule has 3 N–H and O–H groups in total. The van der Waals surface area contributed by atoms with Gasteiger partial charge in [-0.05, 0) is 97.9 Å². The number of carbonyl (C=O) groups excluding carboxylic acids is 2. The van der Waals surface area contributed by atoms with E-state index in [-0.39, 0.29) is 11.7 Å². The molecule has 3 aromatic carbocycles. The first-order chi connectivity index (χ1) is 15.3. The molecule has 7 nitrogen and oxygen atoms in total. The molecule has 0 aromatic heterocycles. The average molecular weight is 693 g/mol. The Kier molecular flexibility index (Phi) is 8.68. The van der Waals surface area contributed by atoms with E-state index in [1.165, 1.54) is 0 Å². The number of ether oxygens (including phenoxy) is 2. The van der Waals surface area contributed by atoms with Crippen molar-refractivity contribution in [3.63, 3.8) is 0 Å². The van der Waals surface area contributed by atoms with E-state index in [4.69, 9.17) is 21.7 Å². The molecule has 0 aliphatic rings. The summed E-state index contributed by atoms with van der Waals surface area (Å²) in [5, 5.41) is 4.43. The van der Waals surface area contributed by atoms with E-state index >= 15 is 0 Å². The number of halogens is 3. The molecule has 0 fully saturated rings. The lowest BCUT2D eigenvalue weighted by Gasteiger charge is -2.13. The van der Waals surface area contributed by atoms with E-state index in [1.807, 2.05) is 24.3 Å². The maximum atomic E-state index is 12.3. The summed E-state index contributed by atoms with van der Waals surface area (Å²) in [6.45, 7) is -0.249. The molecule has 0 radical (unpaired) electrons. The number of amides is 2. The van der Waals surface area contributed by atoms with Crippen LogP contribution in [0.1, 0.15) is 10.4 Å². The number of rotatable bonds is 5. The quantitative estimate of drug-likeness (QED) is 0.204. The van der Waals surface area contributed by atoms with Gasteiger partial charge in [-0.3, -0.25) is 25.8 Å². The van der Waals surface area contributed by atoms with E-state index in [0.29, 0.717) is 17.1 Å². The molecule has 11 heteroatoms. The fourth-order valence-electron chi connectivity index (χ4n) is 2.67. The van der Waals surface area contributed by atoms with E-state index in [0.717, 1.165) is 23.3 Å². The summed E-state index contributed by atoms with van der Waals surface area (Å²) in [6.07, 6.45) is 0. The van der Waals surface area contributed by atoms with Crippen LogP contribution in [0.4, 0.5) is 0 Å². The normalized spacial score (nSPS) is 10.4. The molecule has 0 spiro atoms. The predicted molar refractivity (Wildman–Crippen MR) is 142 cm³/mol. The lowest BCUT2D eigenvalue weighted by atomic mass is 10.1. The summed E-state index contributed by atoms with van der Waals surface area (Å²) in [7, 11) is 1.56. The largest absolute Gasteiger partial charge is 0.496 e. The van der Waals surface area contributed by atoms with Crippen molar-refractivity contribution in [1.82, 2.24) is 16.2 Å². The van der Waals surface area contributed by atoms with Crippen molar-refractivity contribution in [2.75, 3.05) is 13.7 Å². The molecule has 3 aromatic rings. The van der Waals surface area contributed by atoms with Crippen LogP contribution in [0.15, 0.2) is 57.5 Å². The Morgan fingerprint density at radius 3 is 2.50 bits per heavy atom. The lowest BCUT2D eigenvalue weighted by Crippen LogP contribution is -2.49. The molecular weight excluding hydrogens is 677 g/mol. The highest BCUT2D eigenvalue weighted by atomic mass is 127. The SMILES string of the molecule is COc1ccc(C(=O)NC(=S)NNC(=O)COc2ccc3cc(Br)ccc3c2Br)cc1I. The van der Waals surface area contributed by atoms with Gasteiger partial charge in [0.05, 0.1) is 15.2 Å². The van der Waals surface area contributed by atoms with Gasteiger partial charge in [-0.2, -0.15) is 0 Å². The van der Waals surface area contributed by atoms with E-state index < -0.39 is 11.8 Å². The second-order valence-electron chi connectivity index (χ2n) is 6.34. The van der Waals surface area contributed by atoms with Crippen molar-refractivity contribution in [3.8, 4) is 11.5 Å². The third kappa shape index (κ3) is 6.30. The van der Waals surface area contributed by atoms with Crippen molar-refractivity contribution in [1.29, 1.82) is 0 Å². The Morgan fingerprint density at radius 2 is 1.78 bits per heavy atom. The molecule has 0 bridgehead atoms. The van der Waals surface area contributed by atoms with Crippen molar-refractivity contribution in [3.05, 3.63) is 66.6 Å². The molecular formula is C21H16Br2IN3O4S. The minimum atomic E-state index is -0.469. The van der Waals surface area contributed by atoms with Crippen molar-refractivity contribution < 1.29 is 19.1 Å². The van der Waals surface area contributed by atoms with Gasteiger partial charge in [-0.25, -0.2) is 0 Å². The fraction of sp³-hybridized carbons (Fsp3) is 0.0952. The van der Waals surface area contributed by atoms with Gasteiger partial charge >= 0.3 is 0 Å². The van der Waals surface area contributed by atoms with Gasteiger partial charge in [-0.15, -0.1) is 0 Å². The van der Waals surface area contributed by atoms with Crippen LogP contribution in [0, 0.1) is 3.57 Å². The third-order valence-electron chi connectivity index (χ3n) is 4.20. The summed E-state index contributed by atoms with van der Waals surface area (Å²) in [4.78, 5) is 24.4. The first-order valence-electron chi connectivity index (χ1n) is 9.02. The van der Waals surface area contributed by atoms with Gasteiger partial charge in [-0.1, -0.05) is 28.1 Å². The maximum absolute atomic E-state index is 12.3. The number of fused-ring (bicyclic) bond motifs is 1. The Morgan fingerprint density at radius 1 is 1.03 bits per heavy atom. The van der Waals surface area contributed by atoms with Gasteiger partial charge in [0, 0.05) is 10.0 Å². The average Bonchev–Trinajstić information content (AvgIpc) is 2.77. The molecule has 0 saturated carbocycles. The molecule has 2 amide bonds. The number of benzene rings is 3. The molecule has 0 atom stereocenters. The molecule has 0 unspecified atom stereocenters. The van der Waals surface area contributed by atoms with Crippen molar-refractivity contribution in [2.45, 2.75) is 0 Å². The van der Waals surface area contributed by atoms with Gasteiger partial charge in [0.2, 0.25) is 0 Å². The second-order valence-corrected chi connectivity index (χ2v) is 9.62. The van der Waals surface area contributed by atoms with Crippen LogP contribution < -0.4 is 25.6 Å². The molecule has 0 aliphatic carbocycles. The summed E-state index contributed by atoms with van der Waals surface area (Å²) in [6, 6.07) is 14.5. The summed E-state index contributed by atoms with van der Waals surface area (Å²) < 4.78 is 13.3. The standard InChI is InChI=1S/C21H16Br2IN3O4S/c1-30-16-6-3-12(9-15(16)24)20(29)25-21(32)27-26-18(28)10-31-17-7-2-11-8-13(22)4-5-14(11)19(17)23/h2-9H,10H2,1H3,(H,26,28)(H2,25,27,29,32). The van der Waals surface area contributed by atoms with Crippen molar-refractivity contribution in [2.24, 2.45) is 0 Å². The van der Waals surface area contributed by atoms with Gasteiger partial charge in [0.25, 0.3) is 11.8 Å². The fourth-order valence-corrected chi connectivity index (χ4v) is 4.54. The van der Waals surface area contributed by atoms with Gasteiger partial charge < -0.3 is 9.47 Å². The van der Waals surface area contributed by atoms with Crippen LogP contribution in [0.3, 0.4) is 0 Å². The Bertz CT molecular complexity index is 1210. The molecule has 32 heavy (non-hydrogen) atoms. The van der Waals surface area contributed by atoms with Crippen LogP contribution in [-0.4, -0.2) is 30.6 Å². The Labute approximate surface area is 220 Å². The highest BCUT2D eigenvalue weighted by Gasteiger charge is 2.12. The molecule has 0 heterocycles. The maximum Gasteiger partial charge on any atom is 0.276 e. The zero-order valence-corrected chi connectivity index (χ0v) is 22.6. The number of hydrazine groups is 1. The topological polar surface area (TPSA) is 88.7 Å². The Balaban J connectivity index is 1.49. The van der Waals surface area contributed by atoms with Crippen LogP contribution >= 0.6 is 66.7 Å². The lowest BCUT2D eigenvalue weighted by molar-refractivity contribution is -0.123. The summed E-state index contributed by atoms with van der Waals surface area (Å²) >= 11 is 14.1. The molecule has 0 saturated heterocycles. The first kappa shape index (κ1) is 24.7. The number of nitrogens with one attached hydrogen (secondary N) is 3. The second kappa shape index (κ2) is 11.3. The summed E-state index contributed by atoms with van der Waals surface area (Å²) in [5.41, 5.74) is 5.28. The van der Waals surface area contributed by atoms with E-state index in [2.05, 4.69) is 70.6 Å². The van der Waals surface area contributed by atoms with Crippen LogP contribution in [-0.2, 0) is 4.79 Å². The number of hydrogen-bond acceptors (Lipinski definition) is 5. The highest BCUT2D eigenvalue weighted by Crippen LogP contribution is 2.34. The predicted octanol–water partition coefficient (Wildman–Crippen LogP) is 4.69. The van der Waals surface area contributed by atoms with E-state index in [9.17, 15) is 9.59 Å². The van der Waals surface area contributed by atoms with Gasteiger partial charge in [0.15, 0.2) is 11.7 Å². The Hall–Kier alpha value is -1.96. The number of carbonyl (C=O) groups is 2. The third-order valence-corrected chi connectivity index (χ3v) is 6.55. The zero-order chi connectivity index (χ0) is 23.3. The molecule has 166 valence electrons. The van der Waals surface area contributed by atoms with Crippen LogP contribution in [0.5, 0.6) is 11.5 Å². The van der Waals surface area contributed by atoms with Gasteiger partial charge in [0.1, 0.15) is 11.5 Å². The number of methoxy groups -OCH3 is 1. The van der Waals surface area contributed by atoms with Crippen LogP contribution in [0.2, 0.25) is 0 Å². The number of hydrogen-bond donors (Lipinski definition) is 3. The first-order valence-corrected chi connectivity index (χ1v) is 12.1. The monoisotopic (exact) mass is 691 g/mol.